The molecule has 102 valence electrons. The first-order valence-electron chi connectivity index (χ1n) is 6.62. The molecule has 0 unspecified atom stereocenters. The number of hydrogen-bond acceptors (Lipinski definition) is 3. The molecule has 4 heteroatoms. The second-order valence-electron chi connectivity index (χ2n) is 5.71. The quantitative estimate of drug-likeness (QED) is 0.705. The molecule has 1 aromatic carbocycles. The van der Waals surface area contributed by atoms with Gasteiger partial charge in [0.15, 0.2) is 0 Å². The third-order valence-electron chi connectivity index (χ3n) is 3.09. The lowest BCUT2D eigenvalue weighted by molar-refractivity contribution is 0.339. The van der Waals surface area contributed by atoms with E-state index in [1.54, 1.807) is 6.20 Å². The Hall–Kier alpha value is -2.36. The average molecular weight is 267 g/mol. The van der Waals surface area contributed by atoms with E-state index in [9.17, 15) is 0 Å². The van der Waals surface area contributed by atoms with E-state index < -0.39 is 0 Å². The lowest BCUT2D eigenvalue weighted by Crippen LogP contribution is -2.22. The summed E-state index contributed by atoms with van der Waals surface area (Å²) >= 11 is 0. The normalized spacial score (nSPS) is 11.8. The number of nitrogens with zero attached hydrogens (tertiary/aromatic N) is 3. The molecule has 20 heavy (non-hydrogen) atoms. The van der Waals surface area contributed by atoms with Crippen LogP contribution in [0.3, 0.4) is 0 Å². The third-order valence-corrected chi connectivity index (χ3v) is 3.09. The highest BCUT2D eigenvalue weighted by Gasteiger charge is 2.15. The smallest absolute Gasteiger partial charge is 0.240 e. The standard InChI is InChI=1S/C16H17N3O/c1-16(2,3)19-11-9-14(18-19)20-15-13-7-5-4-6-12(13)8-10-17-15/h4-11H,1-3H3. The highest BCUT2D eigenvalue weighted by molar-refractivity contribution is 5.86. The molecule has 0 radical (unpaired) electrons. The van der Waals surface area contributed by atoms with Crippen molar-refractivity contribution in [2.75, 3.05) is 0 Å². The molecule has 2 heterocycles. The van der Waals surface area contributed by atoms with E-state index in [1.165, 1.54) is 0 Å². The molecule has 0 bridgehead atoms. The molecule has 3 aromatic rings. The minimum Gasteiger partial charge on any atom is -0.418 e. The summed E-state index contributed by atoms with van der Waals surface area (Å²) in [5.74, 6) is 1.14. The van der Waals surface area contributed by atoms with Crippen LogP contribution in [0.4, 0.5) is 0 Å². The van der Waals surface area contributed by atoms with Crippen LogP contribution in [0.1, 0.15) is 20.8 Å². The van der Waals surface area contributed by atoms with Crippen molar-refractivity contribution >= 4 is 10.8 Å². The summed E-state index contributed by atoms with van der Waals surface area (Å²) in [6.07, 6.45) is 3.67. The summed E-state index contributed by atoms with van der Waals surface area (Å²) < 4.78 is 7.71. The number of pyridine rings is 1. The van der Waals surface area contributed by atoms with Crippen molar-refractivity contribution in [2.45, 2.75) is 26.3 Å². The molecule has 0 amide bonds. The van der Waals surface area contributed by atoms with E-state index in [2.05, 4.69) is 30.9 Å². The predicted molar refractivity (Wildman–Crippen MR) is 79.0 cm³/mol. The van der Waals surface area contributed by atoms with E-state index in [-0.39, 0.29) is 5.54 Å². The van der Waals surface area contributed by atoms with Gasteiger partial charge in [-0.15, -0.1) is 5.10 Å². The molecule has 0 aliphatic carbocycles. The number of fused-ring (bicyclic) bond motifs is 1. The summed E-state index contributed by atoms with van der Waals surface area (Å²) in [4.78, 5) is 4.30. The zero-order chi connectivity index (χ0) is 14.2. The maximum atomic E-state index is 5.82. The lowest BCUT2D eigenvalue weighted by atomic mass is 10.1. The summed E-state index contributed by atoms with van der Waals surface area (Å²) in [6, 6.07) is 11.8. The van der Waals surface area contributed by atoms with Crippen LogP contribution < -0.4 is 4.74 Å². The number of aromatic nitrogens is 3. The van der Waals surface area contributed by atoms with Gasteiger partial charge in [0, 0.05) is 23.8 Å². The van der Waals surface area contributed by atoms with Gasteiger partial charge in [-0.2, -0.15) is 0 Å². The first-order chi connectivity index (χ1) is 9.54. The number of hydrogen-bond donors (Lipinski definition) is 0. The van der Waals surface area contributed by atoms with E-state index in [1.807, 2.05) is 47.3 Å². The number of benzene rings is 1. The average Bonchev–Trinajstić information content (AvgIpc) is 2.88. The van der Waals surface area contributed by atoms with Gasteiger partial charge in [0.1, 0.15) is 0 Å². The topological polar surface area (TPSA) is 39.9 Å². The van der Waals surface area contributed by atoms with Crippen molar-refractivity contribution in [1.82, 2.24) is 14.8 Å². The van der Waals surface area contributed by atoms with Crippen molar-refractivity contribution < 1.29 is 4.74 Å². The maximum absolute atomic E-state index is 5.82. The van der Waals surface area contributed by atoms with Crippen LogP contribution in [-0.2, 0) is 5.54 Å². The SMILES string of the molecule is CC(C)(C)n1ccc(Oc2nccc3ccccc23)n1. The number of rotatable bonds is 2. The van der Waals surface area contributed by atoms with E-state index in [4.69, 9.17) is 4.74 Å². The summed E-state index contributed by atoms with van der Waals surface area (Å²) in [5, 5.41) is 6.53. The largest absolute Gasteiger partial charge is 0.418 e. The molecule has 0 saturated heterocycles. The Morgan fingerprint density at radius 3 is 2.60 bits per heavy atom. The molecule has 0 saturated carbocycles. The van der Waals surface area contributed by atoms with E-state index in [0.717, 1.165) is 10.8 Å². The monoisotopic (exact) mass is 267 g/mol. The highest BCUT2D eigenvalue weighted by Crippen LogP contribution is 2.27. The molecule has 3 rings (SSSR count). The van der Waals surface area contributed by atoms with Crippen LogP contribution in [-0.4, -0.2) is 14.8 Å². The van der Waals surface area contributed by atoms with Crippen LogP contribution >= 0.6 is 0 Å². The van der Waals surface area contributed by atoms with Gasteiger partial charge in [-0.3, -0.25) is 4.68 Å². The van der Waals surface area contributed by atoms with Crippen LogP contribution in [0.5, 0.6) is 11.8 Å². The molecule has 0 N–H and O–H groups in total. The molecule has 4 nitrogen and oxygen atoms in total. The number of ether oxygens (including phenoxy) is 1. The van der Waals surface area contributed by atoms with Gasteiger partial charge >= 0.3 is 0 Å². The van der Waals surface area contributed by atoms with Crippen molar-refractivity contribution in [2.24, 2.45) is 0 Å². The minimum absolute atomic E-state index is 0.0617. The van der Waals surface area contributed by atoms with Gasteiger partial charge in [-0.05, 0) is 38.3 Å². The van der Waals surface area contributed by atoms with E-state index >= 15 is 0 Å². The Balaban J connectivity index is 1.96. The second-order valence-corrected chi connectivity index (χ2v) is 5.71. The molecular weight excluding hydrogens is 250 g/mol. The molecule has 0 fully saturated rings. The van der Waals surface area contributed by atoms with E-state index in [0.29, 0.717) is 11.8 Å². The Morgan fingerprint density at radius 2 is 1.85 bits per heavy atom. The van der Waals surface area contributed by atoms with Gasteiger partial charge in [0.25, 0.3) is 0 Å². The van der Waals surface area contributed by atoms with Crippen molar-refractivity contribution in [1.29, 1.82) is 0 Å². The fraction of sp³-hybridized carbons (Fsp3) is 0.250. The lowest BCUT2D eigenvalue weighted by Gasteiger charge is -2.18. The second kappa shape index (κ2) is 4.63. The summed E-state index contributed by atoms with van der Waals surface area (Å²) in [7, 11) is 0. The van der Waals surface area contributed by atoms with Gasteiger partial charge in [0.05, 0.1) is 5.54 Å². The fourth-order valence-electron chi connectivity index (χ4n) is 2.01. The molecule has 2 aromatic heterocycles. The van der Waals surface area contributed by atoms with Gasteiger partial charge in [0.2, 0.25) is 11.8 Å². The van der Waals surface area contributed by atoms with Gasteiger partial charge in [-0.25, -0.2) is 4.98 Å². The summed E-state index contributed by atoms with van der Waals surface area (Å²) in [5.41, 5.74) is -0.0617. The third kappa shape index (κ3) is 2.37. The predicted octanol–water partition coefficient (Wildman–Crippen LogP) is 3.98. The Bertz CT molecular complexity index is 735. The molecule has 0 spiro atoms. The van der Waals surface area contributed by atoms with Crippen LogP contribution in [0.2, 0.25) is 0 Å². The maximum Gasteiger partial charge on any atom is 0.240 e. The van der Waals surface area contributed by atoms with Crippen LogP contribution in [0.25, 0.3) is 10.8 Å². The molecule has 0 atom stereocenters. The van der Waals surface area contributed by atoms with Crippen molar-refractivity contribution in [3.63, 3.8) is 0 Å². The zero-order valence-electron chi connectivity index (χ0n) is 11.9. The molecule has 0 aliphatic rings. The van der Waals surface area contributed by atoms with Crippen molar-refractivity contribution in [3.05, 3.63) is 48.8 Å². The Kier molecular flexibility index (Phi) is 2.93. The summed E-state index contributed by atoms with van der Waals surface area (Å²) in [6.45, 7) is 6.29. The van der Waals surface area contributed by atoms with Crippen molar-refractivity contribution in [3.8, 4) is 11.8 Å². The highest BCUT2D eigenvalue weighted by atomic mass is 16.5. The zero-order valence-corrected chi connectivity index (χ0v) is 11.9. The fourth-order valence-corrected chi connectivity index (χ4v) is 2.01. The molecular formula is C16H17N3O. The minimum atomic E-state index is -0.0617. The Morgan fingerprint density at radius 1 is 1.05 bits per heavy atom. The molecule has 0 aliphatic heterocycles. The van der Waals surface area contributed by atoms with Gasteiger partial charge < -0.3 is 4.74 Å². The first-order valence-corrected chi connectivity index (χ1v) is 6.62. The van der Waals surface area contributed by atoms with Crippen LogP contribution in [0, 0.1) is 0 Å². The van der Waals surface area contributed by atoms with Gasteiger partial charge in [-0.1, -0.05) is 18.2 Å². The first kappa shape index (κ1) is 12.7. The Labute approximate surface area is 118 Å². The van der Waals surface area contributed by atoms with Crippen LogP contribution in [0.15, 0.2) is 48.8 Å².